The molecule has 0 spiro atoms. The second-order valence-electron chi connectivity index (χ2n) is 8.16. The van der Waals surface area contributed by atoms with Crippen LogP contribution >= 0.6 is 0 Å². The number of rotatable bonds is 3. The third-order valence-corrected chi connectivity index (χ3v) is 6.48. The van der Waals surface area contributed by atoms with Crippen LogP contribution < -0.4 is 4.74 Å². The van der Waals surface area contributed by atoms with E-state index in [0.29, 0.717) is 0 Å². The fourth-order valence-corrected chi connectivity index (χ4v) is 5.15. The molecule has 0 atom stereocenters. The largest absolute Gasteiger partial charge is 0.496 e. The molecule has 0 saturated carbocycles. The quantitative estimate of drug-likeness (QED) is 0.288. The number of ether oxygens (including phenoxy) is 1. The highest BCUT2D eigenvalue weighted by atomic mass is 16.5. The van der Waals surface area contributed by atoms with E-state index >= 15 is 0 Å². The molecular formula is C30H23NO. The van der Waals surface area contributed by atoms with Gasteiger partial charge < -0.3 is 9.30 Å². The Kier molecular flexibility index (Phi) is 4.26. The minimum absolute atomic E-state index is 0.898. The van der Waals surface area contributed by atoms with Crippen molar-refractivity contribution in [2.45, 2.75) is 0 Å². The van der Waals surface area contributed by atoms with Crippen LogP contribution in [0.25, 0.3) is 54.8 Å². The Morgan fingerprint density at radius 3 is 1.84 bits per heavy atom. The maximum absolute atomic E-state index is 5.91. The number of para-hydroxylation sites is 1. The first-order chi connectivity index (χ1) is 15.8. The molecule has 2 nitrogen and oxygen atoms in total. The average Bonchev–Trinajstić information content (AvgIpc) is 3.16. The van der Waals surface area contributed by atoms with Crippen LogP contribution in [0, 0.1) is 0 Å². The van der Waals surface area contributed by atoms with Crippen molar-refractivity contribution in [2.24, 2.45) is 7.05 Å². The third kappa shape index (κ3) is 2.59. The Hall–Kier alpha value is -4.04. The molecule has 0 bridgehead atoms. The van der Waals surface area contributed by atoms with E-state index in [1.54, 1.807) is 7.11 Å². The van der Waals surface area contributed by atoms with Crippen LogP contribution in [0.2, 0.25) is 0 Å². The zero-order valence-electron chi connectivity index (χ0n) is 18.2. The molecule has 1 heterocycles. The van der Waals surface area contributed by atoms with Gasteiger partial charge in [-0.3, -0.25) is 0 Å². The fourth-order valence-electron chi connectivity index (χ4n) is 5.15. The van der Waals surface area contributed by atoms with E-state index in [-0.39, 0.29) is 0 Å². The molecular weight excluding hydrogens is 390 g/mol. The van der Waals surface area contributed by atoms with E-state index < -0.39 is 0 Å². The maximum atomic E-state index is 5.91. The zero-order chi connectivity index (χ0) is 21.7. The monoisotopic (exact) mass is 413 g/mol. The van der Waals surface area contributed by atoms with E-state index in [1.165, 1.54) is 49.4 Å². The highest BCUT2D eigenvalue weighted by molar-refractivity contribution is 6.29. The SMILES string of the molecule is COc1cccc2c(-c3ccccc3)c(-c3ccccc3)c3c4ccccc4n(C)c3c12. The van der Waals surface area contributed by atoms with Gasteiger partial charge in [0.25, 0.3) is 0 Å². The summed E-state index contributed by atoms with van der Waals surface area (Å²) in [5.41, 5.74) is 7.37. The Morgan fingerprint density at radius 2 is 1.16 bits per heavy atom. The summed E-state index contributed by atoms with van der Waals surface area (Å²) in [6.07, 6.45) is 0. The van der Waals surface area contributed by atoms with Gasteiger partial charge in [-0.2, -0.15) is 0 Å². The first kappa shape index (κ1) is 18.7. The van der Waals surface area contributed by atoms with E-state index in [0.717, 1.165) is 11.1 Å². The standard InChI is InChI=1S/C30H23NO/c1-31-24-18-10-9-16-22(24)29-27(21-14-7-4-8-15-21)26(20-12-5-3-6-13-20)23-17-11-19-25(32-2)28(23)30(29)31/h3-19H,1-2H3. The van der Waals surface area contributed by atoms with E-state index in [4.69, 9.17) is 4.74 Å². The first-order valence-electron chi connectivity index (χ1n) is 10.9. The second-order valence-corrected chi connectivity index (χ2v) is 8.16. The van der Waals surface area contributed by atoms with Crippen LogP contribution in [-0.4, -0.2) is 11.7 Å². The lowest BCUT2D eigenvalue weighted by Crippen LogP contribution is -1.95. The molecule has 6 aromatic rings. The highest BCUT2D eigenvalue weighted by Crippen LogP contribution is 2.49. The van der Waals surface area contributed by atoms with E-state index in [1.807, 2.05) is 0 Å². The summed E-state index contributed by atoms with van der Waals surface area (Å²) in [4.78, 5) is 0. The Bertz CT molecular complexity index is 1590. The smallest absolute Gasteiger partial charge is 0.128 e. The number of methoxy groups -OCH3 is 1. The summed E-state index contributed by atoms with van der Waals surface area (Å²) < 4.78 is 8.23. The summed E-state index contributed by atoms with van der Waals surface area (Å²) in [5.74, 6) is 0.898. The normalized spacial score (nSPS) is 11.4. The Morgan fingerprint density at radius 1 is 0.562 bits per heavy atom. The molecule has 32 heavy (non-hydrogen) atoms. The van der Waals surface area contributed by atoms with Gasteiger partial charge in [0.2, 0.25) is 0 Å². The van der Waals surface area contributed by atoms with Gasteiger partial charge in [-0.05, 0) is 34.2 Å². The van der Waals surface area contributed by atoms with Crippen LogP contribution in [0.5, 0.6) is 5.75 Å². The van der Waals surface area contributed by atoms with Gasteiger partial charge in [-0.25, -0.2) is 0 Å². The van der Waals surface area contributed by atoms with Gasteiger partial charge in [0.1, 0.15) is 5.75 Å². The third-order valence-electron chi connectivity index (χ3n) is 6.48. The summed E-state index contributed by atoms with van der Waals surface area (Å²) in [5, 5.41) is 4.88. The molecule has 0 aliphatic rings. The van der Waals surface area contributed by atoms with Crippen molar-refractivity contribution in [3.05, 3.63) is 103 Å². The van der Waals surface area contributed by atoms with Crippen LogP contribution in [0.3, 0.4) is 0 Å². The highest BCUT2D eigenvalue weighted by Gasteiger charge is 2.23. The molecule has 1 aromatic heterocycles. The number of aryl methyl sites for hydroxylation is 1. The van der Waals surface area contributed by atoms with Crippen LogP contribution in [0.15, 0.2) is 103 Å². The van der Waals surface area contributed by atoms with Crippen LogP contribution in [-0.2, 0) is 7.05 Å². The number of hydrogen-bond acceptors (Lipinski definition) is 1. The van der Waals surface area contributed by atoms with Crippen molar-refractivity contribution in [2.75, 3.05) is 7.11 Å². The molecule has 2 heteroatoms. The number of fused-ring (bicyclic) bond motifs is 5. The molecule has 6 rings (SSSR count). The van der Waals surface area contributed by atoms with Crippen LogP contribution in [0.4, 0.5) is 0 Å². The predicted octanol–water partition coefficient (Wildman–Crippen LogP) is 7.83. The van der Waals surface area contributed by atoms with Crippen molar-refractivity contribution in [3.8, 4) is 28.0 Å². The molecule has 154 valence electrons. The van der Waals surface area contributed by atoms with Crippen molar-refractivity contribution in [1.29, 1.82) is 0 Å². The number of hydrogen-bond donors (Lipinski definition) is 0. The molecule has 5 aromatic carbocycles. The molecule has 0 saturated heterocycles. The van der Waals surface area contributed by atoms with Gasteiger partial charge in [0, 0.05) is 34.3 Å². The molecule has 0 amide bonds. The molecule has 0 N–H and O–H groups in total. The fraction of sp³-hybridized carbons (Fsp3) is 0.0667. The molecule has 0 aliphatic heterocycles. The Balaban J connectivity index is 1.99. The molecule has 0 radical (unpaired) electrons. The maximum Gasteiger partial charge on any atom is 0.128 e. The molecule has 0 fully saturated rings. The predicted molar refractivity (Wildman–Crippen MR) is 135 cm³/mol. The van der Waals surface area contributed by atoms with Gasteiger partial charge in [0.15, 0.2) is 0 Å². The van der Waals surface area contributed by atoms with Crippen molar-refractivity contribution >= 4 is 32.6 Å². The van der Waals surface area contributed by atoms with E-state index in [2.05, 4.69) is 115 Å². The zero-order valence-corrected chi connectivity index (χ0v) is 18.2. The Labute approximate surface area is 187 Å². The minimum Gasteiger partial charge on any atom is -0.496 e. The summed E-state index contributed by atoms with van der Waals surface area (Å²) in [7, 11) is 3.92. The lowest BCUT2D eigenvalue weighted by Gasteiger charge is -2.19. The summed E-state index contributed by atoms with van der Waals surface area (Å²) in [6.45, 7) is 0. The molecule has 0 unspecified atom stereocenters. The lowest BCUT2D eigenvalue weighted by molar-refractivity contribution is 0.420. The number of nitrogens with zero attached hydrogens (tertiary/aromatic N) is 1. The molecule has 0 aliphatic carbocycles. The lowest BCUT2D eigenvalue weighted by atomic mass is 9.86. The first-order valence-corrected chi connectivity index (χ1v) is 10.9. The van der Waals surface area contributed by atoms with E-state index in [9.17, 15) is 0 Å². The van der Waals surface area contributed by atoms with Gasteiger partial charge >= 0.3 is 0 Å². The number of benzene rings is 5. The van der Waals surface area contributed by atoms with Crippen molar-refractivity contribution in [1.82, 2.24) is 4.57 Å². The van der Waals surface area contributed by atoms with Gasteiger partial charge in [0.05, 0.1) is 12.6 Å². The van der Waals surface area contributed by atoms with Crippen molar-refractivity contribution < 1.29 is 4.74 Å². The average molecular weight is 414 g/mol. The van der Waals surface area contributed by atoms with Crippen LogP contribution in [0.1, 0.15) is 0 Å². The van der Waals surface area contributed by atoms with Crippen molar-refractivity contribution in [3.63, 3.8) is 0 Å². The van der Waals surface area contributed by atoms with Gasteiger partial charge in [-0.1, -0.05) is 91.0 Å². The summed E-state index contributed by atoms with van der Waals surface area (Å²) >= 11 is 0. The van der Waals surface area contributed by atoms with Gasteiger partial charge in [-0.15, -0.1) is 0 Å². The second kappa shape index (κ2) is 7.28. The number of aromatic nitrogens is 1. The minimum atomic E-state index is 0.898. The summed E-state index contributed by atoms with van der Waals surface area (Å²) in [6, 6.07) is 36.5. The topological polar surface area (TPSA) is 14.2 Å².